The van der Waals surface area contributed by atoms with Crippen molar-refractivity contribution < 1.29 is 9.32 Å². The van der Waals surface area contributed by atoms with Gasteiger partial charge in [-0.1, -0.05) is 51.4 Å². The third-order valence-electron chi connectivity index (χ3n) is 4.58. The third-order valence-corrected chi connectivity index (χ3v) is 5.11. The Morgan fingerprint density at radius 2 is 1.93 bits per heavy atom. The second kappa shape index (κ2) is 7.88. The summed E-state index contributed by atoms with van der Waals surface area (Å²) >= 11 is 3.42. The summed E-state index contributed by atoms with van der Waals surface area (Å²) in [6, 6.07) is 17.3. The molecule has 1 unspecified atom stereocenters. The van der Waals surface area contributed by atoms with E-state index in [4.69, 9.17) is 4.52 Å². The molecule has 5 nitrogen and oxygen atoms in total. The number of carbonyl (C=O) groups excluding carboxylic acids is 1. The molecule has 0 radical (unpaired) electrons. The summed E-state index contributed by atoms with van der Waals surface area (Å²) in [5.74, 6) is 0.994. The monoisotopic (exact) mass is 423 g/mol. The molecule has 1 saturated heterocycles. The predicted molar refractivity (Wildman–Crippen MR) is 107 cm³/mol. The van der Waals surface area contributed by atoms with Crippen LogP contribution in [0, 0.1) is 0 Å². The highest BCUT2D eigenvalue weighted by Crippen LogP contribution is 2.32. The fourth-order valence-corrected chi connectivity index (χ4v) is 3.47. The average molecular weight is 424 g/mol. The zero-order valence-corrected chi connectivity index (χ0v) is 16.2. The Kier molecular flexibility index (Phi) is 5.16. The lowest BCUT2D eigenvalue weighted by molar-refractivity contribution is -0.127. The molecular weight excluding hydrogens is 406 g/mol. The first-order valence-corrected chi connectivity index (χ1v) is 9.63. The number of benzene rings is 2. The van der Waals surface area contributed by atoms with Gasteiger partial charge in [-0.2, -0.15) is 4.98 Å². The number of halogens is 1. The maximum absolute atomic E-state index is 12.7. The molecule has 0 bridgehead atoms. The molecule has 2 heterocycles. The number of likely N-dealkylation sites (tertiary alicyclic amines) is 1. The fourth-order valence-electron chi connectivity index (χ4n) is 3.20. The minimum atomic E-state index is -0.172. The van der Waals surface area contributed by atoms with Crippen LogP contribution in [-0.2, 0) is 4.79 Å². The van der Waals surface area contributed by atoms with E-state index in [0.29, 0.717) is 18.3 Å². The van der Waals surface area contributed by atoms with Crippen LogP contribution < -0.4 is 0 Å². The molecule has 1 amide bonds. The van der Waals surface area contributed by atoms with Gasteiger partial charge in [-0.25, -0.2) is 0 Å². The van der Waals surface area contributed by atoms with Crippen molar-refractivity contribution in [2.75, 3.05) is 6.54 Å². The molecule has 1 aliphatic rings. The average Bonchev–Trinajstić information content (AvgIpc) is 3.37. The molecule has 4 rings (SSSR count). The quantitative estimate of drug-likeness (QED) is 0.561. The van der Waals surface area contributed by atoms with Gasteiger partial charge in [-0.05, 0) is 48.7 Å². The molecule has 6 heteroatoms. The van der Waals surface area contributed by atoms with Crippen molar-refractivity contribution in [3.8, 4) is 11.4 Å². The summed E-state index contributed by atoms with van der Waals surface area (Å²) in [6.45, 7) is 0.693. The third kappa shape index (κ3) is 4.01. The lowest BCUT2D eigenvalue weighted by Crippen LogP contribution is -2.29. The molecule has 1 aliphatic heterocycles. The summed E-state index contributed by atoms with van der Waals surface area (Å²) in [5.41, 5.74) is 1.88. The van der Waals surface area contributed by atoms with Gasteiger partial charge in [0.1, 0.15) is 6.04 Å². The van der Waals surface area contributed by atoms with Crippen LogP contribution >= 0.6 is 15.9 Å². The van der Waals surface area contributed by atoms with Crippen LogP contribution in [0.4, 0.5) is 0 Å². The van der Waals surface area contributed by atoms with E-state index in [1.807, 2.05) is 60.7 Å². The molecule has 0 N–H and O–H groups in total. The number of rotatable bonds is 4. The SMILES string of the molecule is O=C(C=Cc1ccccc1)N1CCCC1c1nc(-c2ccc(Br)cc2)no1. The van der Waals surface area contributed by atoms with Crippen LogP contribution in [-0.4, -0.2) is 27.5 Å². The Hall–Kier alpha value is -2.73. The zero-order valence-electron chi connectivity index (χ0n) is 14.6. The van der Waals surface area contributed by atoms with Crippen LogP contribution in [0.3, 0.4) is 0 Å². The topological polar surface area (TPSA) is 59.2 Å². The lowest BCUT2D eigenvalue weighted by Gasteiger charge is -2.20. The first kappa shape index (κ1) is 17.7. The molecule has 0 aliphatic carbocycles. The maximum Gasteiger partial charge on any atom is 0.249 e. The van der Waals surface area contributed by atoms with E-state index in [1.54, 1.807) is 11.0 Å². The van der Waals surface area contributed by atoms with Crippen molar-refractivity contribution >= 4 is 27.9 Å². The minimum Gasteiger partial charge on any atom is -0.337 e. The Labute approximate surface area is 165 Å². The number of nitrogens with zero attached hydrogens (tertiary/aromatic N) is 3. The van der Waals surface area contributed by atoms with Gasteiger partial charge in [0, 0.05) is 22.7 Å². The zero-order chi connectivity index (χ0) is 18.6. The summed E-state index contributed by atoms with van der Waals surface area (Å²) in [6.07, 6.45) is 5.19. The Bertz CT molecular complexity index is 951. The maximum atomic E-state index is 12.7. The molecule has 2 aromatic carbocycles. The van der Waals surface area contributed by atoms with Crippen LogP contribution in [0.5, 0.6) is 0 Å². The highest BCUT2D eigenvalue weighted by Gasteiger charge is 2.33. The summed E-state index contributed by atoms with van der Waals surface area (Å²) in [7, 11) is 0. The Morgan fingerprint density at radius 3 is 2.70 bits per heavy atom. The van der Waals surface area contributed by atoms with Crippen LogP contribution in [0.25, 0.3) is 17.5 Å². The van der Waals surface area contributed by atoms with Crippen molar-refractivity contribution in [3.63, 3.8) is 0 Å². The summed E-state index contributed by atoms with van der Waals surface area (Å²) < 4.78 is 6.48. The van der Waals surface area contributed by atoms with E-state index in [-0.39, 0.29) is 11.9 Å². The van der Waals surface area contributed by atoms with Crippen molar-refractivity contribution in [1.29, 1.82) is 0 Å². The van der Waals surface area contributed by atoms with E-state index >= 15 is 0 Å². The smallest absolute Gasteiger partial charge is 0.249 e. The lowest BCUT2D eigenvalue weighted by atomic mass is 10.2. The van der Waals surface area contributed by atoms with Gasteiger partial charge in [0.05, 0.1) is 0 Å². The number of hydrogen-bond donors (Lipinski definition) is 0. The number of amides is 1. The highest BCUT2D eigenvalue weighted by atomic mass is 79.9. The van der Waals surface area contributed by atoms with Gasteiger partial charge in [0.2, 0.25) is 17.6 Å². The van der Waals surface area contributed by atoms with Gasteiger partial charge >= 0.3 is 0 Å². The van der Waals surface area contributed by atoms with Gasteiger partial charge in [0.25, 0.3) is 0 Å². The molecule has 1 atom stereocenters. The molecule has 136 valence electrons. The molecular formula is C21H18BrN3O2. The minimum absolute atomic E-state index is 0.0373. The number of hydrogen-bond acceptors (Lipinski definition) is 4. The molecule has 3 aromatic rings. The van der Waals surface area contributed by atoms with Gasteiger partial charge in [-0.3, -0.25) is 4.79 Å². The normalized spacial score (nSPS) is 16.9. The van der Waals surface area contributed by atoms with Gasteiger partial charge in [0.15, 0.2) is 0 Å². The molecule has 1 fully saturated rings. The van der Waals surface area contributed by atoms with Crippen molar-refractivity contribution in [2.24, 2.45) is 0 Å². The number of carbonyl (C=O) groups is 1. The Morgan fingerprint density at radius 1 is 1.15 bits per heavy atom. The van der Waals surface area contributed by atoms with E-state index in [1.165, 1.54) is 0 Å². The van der Waals surface area contributed by atoms with E-state index in [2.05, 4.69) is 26.1 Å². The number of aromatic nitrogens is 2. The van der Waals surface area contributed by atoms with Crippen molar-refractivity contribution in [2.45, 2.75) is 18.9 Å². The second-order valence-electron chi connectivity index (χ2n) is 6.40. The largest absolute Gasteiger partial charge is 0.337 e. The Balaban J connectivity index is 1.50. The van der Waals surface area contributed by atoms with E-state index < -0.39 is 0 Å². The first-order valence-electron chi connectivity index (χ1n) is 8.84. The standard InChI is InChI=1S/C21H18BrN3O2/c22-17-11-9-16(10-12-17)20-23-21(27-24-20)18-7-4-14-25(18)19(26)13-8-15-5-2-1-3-6-15/h1-3,5-6,8-13,18H,4,7,14H2. The van der Waals surface area contributed by atoms with Crippen molar-refractivity contribution in [3.05, 3.63) is 76.6 Å². The molecule has 27 heavy (non-hydrogen) atoms. The second-order valence-corrected chi connectivity index (χ2v) is 7.31. The summed E-state index contributed by atoms with van der Waals surface area (Å²) in [4.78, 5) is 19.0. The van der Waals surface area contributed by atoms with Crippen LogP contribution in [0.1, 0.15) is 30.3 Å². The summed E-state index contributed by atoms with van der Waals surface area (Å²) in [5, 5.41) is 4.09. The van der Waals surface area contributed by atoms with Gasteiger partial charge < -0.3 is 9.42 Å². The molecule has 0 saturated carbocycles. The van der Waals surface area contributed by atoms with Gasteiger partial charge in [-0.15, -0.1) is 0 Å². The van der Waals surface area contributed by atoms with E-state index in [9.17, 15) is 4.79 Å². The van der Waals surface area contributed by atoms with Crippen molar-refractivity contribution in [1.82, 2.24) is 15.0 Å². The molecule has 1 aromatic heterocycles. The highest BCUT2D eigenvalue weighted by molar-refractivity contribution is 9.10. The van der Waals surface area contributed by atoms with Crippen LogP contribution in [0.15, 0.2) is 69.7 Å². The molecule has 0 spiro atoms. The predicted octanol–water partition coefficient (Wildman–Crippen LogP) is 4.88. The van der Waals surface area contributed by atoms with E-state index in [0.717, 1.165) is 28.4 Å². The van der Waals surface area contributed by atoms with Crippen LogP contribution in [0.2, 0.25) is 0 Å². The fraction of sp³-hybridized carbons (Fsp3) is 0.190. The first-order chi connectivity index (χ1) is 13.2.